The molecule has 19 heavy (non-hydrogen) atoms. The zero-order valence-corrected chi connectivity index (χ0v) is 12.6. The molecule has 2 aromatic carbocycles. The maximum Gasteiger partial charge on any atom is 0.122 e. The topological polar surface area (TPSA) is 29.5 Å². The van der Waals surface area contributed by atoms with Gasteiger partial charge in [-0.1, -0.05) is 46.3 Å². The van der Waals surface area contributed by atoms with E-state index in [0.29, 0.717) is 6.42 Å². The van der Waals surface area contributed by atoms with E-state index in [2.05, 4.69) is 15.9 Å². The fraction of sp³-hybridized carbons (Fsp3) is 0.250. The molecular weight excluding hydrogens is 304 g/mol. The second kappa shape index (κ2) is 6.22. The van der Waals surface area contributed by atoms with Crippen LogP contribution in [0, 0.1) is 6.92 Å². The summed E-state index contributed by atoms with van der Waals surface area (Å²) in [5.74, 6) is 0.815. The van der Waals surface area contributed by atoms with E-state index in [9.17, 15) is 5.11 Å². The first kappa shape index (κ1) is 14.1. The van der Waals surface area contributed by atoms with Gasteiger partial charge >= 0.3 is 0 Å². The Kier molecular flexibility index (Phi) is 4.61. The molecule has 2 nitrogen and oxygen atoms in total. The first-order valence-electron chi connectivity index (χ1n) is 6.18. The van der Waals surface area contributed by atoms with Gasteiger partial charge in [0.1, 0.15) is 5.75 Å². The third kappa shape index (κ3) is 3.37. The van der Waals surface area contributed by atoms with Gasteiger partial charge in [-0.2, -0.15) is 0 Å². The number of aryl methyl sites for hydroxylation is 1. The number of hydrogen-bond donors (Lipinski definition) is 1. The molecule has 0 saturated carbocycles. The molecule has 2 rings (SSSR count). The predicted octanol–water partition coefficient (Wildman–Crippen LogP) is 4.04. The number of aliphatic hydroxyl groups is 1. The maximum atomic E-state index is 10.3. The first-order valence-corrected chi connectivity index (χ1v) is 6.97. The van der Waals surface area contributed by atoms with Crippen LogP contribution in [0.1, 0.15) is 22.8 Å². The van der Waals surface area contributed by atoms with E-state index in [-0.39, 0.29) is 0 Å². The lowest BCUT2D eigenvalue weighted by Crippen LogP contribution is -2.03. The van der Waals surface area contributed by atoms with Crippen molar-refractivity contribution in [2.75, 3.05) is 7.11 Å². The average molecular weight is 321 g/mol. The first-order chi connectivity index (χ1) is 9.11. The van der Waals surface area contributed by atoms with Crippen molar-refractivity contribution in [2.45, 2.75) is 19.4 Å². The number of hydrogen-bond acceptors (Lipinski definition) is 2. The van der Waals surface area contributed by atoms with E-state index in [1.54, 1.807) is 7.11 Å². The van der Waals surface area contributed by atoms with Crippen LogP contribution >= 0.6 is 15.9 Å². The lowest BCUT2D eigenvalue weighted by Gasteiger charge is -2.14. The second-order valence-corrected chi connectivity index (χ2v) is 5.39. The lowest BCUT2D eigenvalue weighted by atomic mass is 9.99. The molecular formula is C16H17BrO2. The largest absolute Gasteiger partial charge is 0.496 e. The van der Waals surface area contributed by atoms with E-state index >= 15 is 0 Å². The molecule has 0 aliphatic carbocycles. The van der Waals surface area contributed by atoms with Crippen molar-refractivity contribution in [3.05, 3.63) is 63.6 Å². The van der Waals surface area contributed by atoms with Gasteiger partial charge in [-0.3, -0.25) is 0 Å². The van der Waals surface area contributed by atoms with Crippen molar-refractivity contribution in [3.63, 3.8) is 0 Å². The number of benzene rings is 2. The van der Waals surface area contributed by atoms with Crippen molar-refractivity contribution >= 4 is 15.9 Å². The van der Waals surface area contributed by atoms with E-state index in [1.165, 1.54) is 0 Å². The van der Waals surface area contributed by atoms with Gasteiger partial charge in [0.15, 0.2) is 0 Å². The highest BCUT2D eigenvalue weighted by Crippen LogP contribution is 2.27. The molecule has 0 amide bonds. The minimum absolute atomic E-state index is 0.525. The fourth-order valence-corrected chi connectivity index (χ4v) is 2.32. The summed E-state index contributed by atoms with van der Waals surface area (Å²) in [5, 5.41) is 10.3. The summed E-state index contributed by atoms with van der Waals surface area (Å²) < 4.78 is 6.36. The number of ether oxygens (including phenoxy) is 1. The number of para-hydroxylation sites is 1. The Labute approximate surface area is 122 Å². The minimum atomic E-state index is -0.525. The third-order valence-electron chi connectivity index (χ3n) is 3.17. The van der Waals surface area contributed by atoms with Gasteiger partial charge in [0.25, 0.3) is 0 Å². The van der Waals surface area contributed by atoms with E-state index in [1.807, 2.05) is 49.4 Å². The molecule has 100 valence electrons. The lowest BCUT2D eigenvalue weighted by molar-refractivity contribution is 0.177. The number of methoxy groups -OCH3 is 1. The Hall–Kier alpha value is -1.32. The maximum absolute atomic E-state index is 10.3. The van der Waals surface area contributed by atoms with Gasteiger partial charge in [-0.25, -0.2) is 0 Å². The molecule has 2 aromatic rings. The molecule has 0 aromatic heterocycles. The number of rotatable bonds is 4. The third-order valence-corrected chi connectivity index (χ3v) is 4.06. The van der Waals surface area contributed by atoms with Gasteiger partial charge in [-0.15, -0.1) is 0 Å². The zero-order chi connectivity index (χ0) is 13.8. The van der Waals surface area contributed by atoms with E-state index < -0.39 is 6.10 Å². The Morgan fingerprint density at radius 2 is 1.95 bits per heavy atom. The van der Waals surface area contributed by atoms with Gasteiger partial charge in [-0.05, 0) is 35.7 Å². The van der Waals surface area contributed by atoms with Gasteiger partial charge in [0.05, 0.1) is 13.2 Å². The quantitative estimate of drug-likeness (QED) is 0.921. The molecule has 0 fully saturated rings. The van der Waals surface area contributed by atoms with Crippen molar-refractivity contribution in [2.24, 2.45) is 0 Å². The van der Waals surface area contributed by atoms with Crippen molar-refractivity contribution in [1.82, 2.24) is 0 Å². The monoisotopic (exact) mass is 320 g/mol. The van der Waals surface area contributed by atoms with Crippen LogP contribution in [0.25, 0.3) is 0 Å². The highest BCUT2D eigenvalue weighted by atomic mass is 79.9. The van der Waals surface area contributed by atoms with Crippen molar-refractivity contribution < 1.29 is 9.84 Å². The summed E-state index contributed by atoms with van der Waals surface area (Å²) >= 11 is 3.47. The zero-order valence-electron chi connectivity index (χ0n) is 11.1. The number of aliphatic hydroxyl groups excluding tert-OH is 1. The minimum Gasteiger partial charge on any atom is -0.496 e. The van der Waals surface area contributed by atoms with Crippen LogP contribution in [0.5, 0.6) is 5.75 Å². The highest BCUT2D eigenvalue weighted by molar-refractivity contribution is 9.10. The molecule has 1 unspecified atom stereocenters. The molecule has 0 bridgehead atoms. The van der Waals surface area contributed by atoms with Gasteiger partial charge < -0.3 is 9.84 Å². The molecule has 1 atom stereocenters. The normalized spacial score (nSPS) is 12.2. The van der Waals surface area contributed by atoms with Crippen LogP contribution < -0.4 is 4.74 Å². The summed E-state index contributed by atoms with van der Waals surface area (Å²) in [6, 6.07) is 13.7. The molecule has 0 saturated heterocycles. The average Bonchev–Trinajstić information content (AvgIpc) is 2.42. The molecule has 0 aliphatic rings. The summed E-state index contributed by atoms with van der Waals surface area (Å²) in [7, 11) is 1.65. The molecule has 0 aliphatic heterocycles. The van der Waals surface area contributed by atoms with E-state index in [0.717, 1.165) is 26.9 Å². The van der Waals surface area contributed by atoms with Gasteiger partial charge in [0.2, 0.25) is 0 Å². The second-order valence-electron chi connectivity index (χ2n) is 4.54. The molecule has 3 heteroatoms. The molecule has 0 radical (unpaired) electrons. The fourth-order valence-electron chi connectivity index (χ4n) is 2.07. The Balaban J connectivity index is 2.20. The SMILES string of the molecule is COc1ccccc1CC(O)c1ccc(Br)c(C)c1. The van der Waals surface area contributed by atoms with Crippen LogP contribution in [0.15, 0.2) is 46.9 Å². The van der Waals surface area contributed by atoms with E-state index in [4.69, 9.17) is 4.74 Å². The molecule has 0 spiro atoms. The predicted molar refractivity (Wildman–Crippen MR) is 80.5 cm³/mol. The Morgan fingerprint density at radius 1 is 1.21 bits per heavy atom. The Morgan fingerprint density at radius 3 is 2.63 bits per heavy atom. The van der Waals surface area contributed by atoms with Gasteiger partial charge in [0, 0.05) is 10.9 Å². The highest BCUT2D eigenvalue weighted by Gasteiger charge is 2.12. The number of halogens is 1. The summed E-state index contributed by atoms with van der Waals surface area (Å²) in [5.41, 5.74) is 3.06. The van der Waals surface area contributed by atoms with Crippen LogP contribution in [-0.2, 0) is 6.42 Å². The summed E-state index contributed by atoms with van der Waals surface area (Å²) in [4.78, 5) is 0. The molecule has 1 N–H and O–H groups in total. The van der Waals surface area contributed by atoms with Crippen LogP contribution in [-0.4, -0.2) is 12.2 Å². The molecule has 0 heterocycles. The van der Waals surface area contributed by atoms with Crippen LogP contribution in [0.3, 0.4) is 0 Å². The van der Waals surface area contributed by atoms with Crippen LogP contribution in [0.2, 0.25) is 0 Å². The summed E-state index contributed by atoms with van der Waals surface area (Å²) in [6.07, 6.45) is 0.0218. The standard InChI is InChI=1S/C16H17BrO2/c1-11-9-12(7-8-14(11)17)15(18)10-13-5-3-4-6-16(13)19-2/h3-9,15,18H,10H2,1-2H3. The Bertz CT molecular complexity index is 566. The van der Waals surface area contributed by atoms with Crippen LogP contribution in [0.4, 0.5) is 0 Å². The van der Waals surface area contributed by atoms with Crippen molar-refractivity contribution in [3.8, 4) is 5.75 Å². The smallest absolute Gasteiger partial charge is 0.122 e. The van der Waals surface area contributed by atoms with Crippen molar-refractivity contribution in [1.29, 1.82) is 0 Å². The summed E-state index contributed by atoms with van der Waals surface area (Å²) in [6.45, 7) is 2.02.